The monoisotopic (exact) mass is 500 g/mol. The molecule has 3 rings (SSSR count). The van der Waals surface area contributed by atoms with E-state index >= 15 is 0 Å². The second kappa shape index (κ2) is 9.91. The summed E-state index contributed by atoms with van der Waals surface area (Å²) in [6.07, 6.45) is -1.71. The Bertz CT molecular complexity index is 1250. The first-order chi connectivity index (χ1) is 14.9. The fourth-order valence-electron chi connectivity index (χ4n) is 3.53. The van der Waals surface area contributed by atoms with Crippen molar-refractivity contribution < 1.29 is 26.4 Å². The third-order valence-corrected chi connectivity index (χ3v) is 6.14. The first kappa shape index (κ1) is 26.3. The van der Waals surface area contributed by atoms with Gasteiger partial charge in [-0.1, -0.05) is 6.07 Å². The van der Waals surface area contributed by atoms with Gasteiger partial charge in [-0.25, -0.2) is 8.42 Å². The number of pyridine rings is 1. The van der Waals surface area contributed by atoms with Crippen molar-refractivity contribution in [3.8, 4) is 6.07 Å². The molecule has 0 saturated heterocycles. The number of allylic oxidation sites excluding steroid dienone is 1. The van der Waals surface area contributed by atoms with Crippen LogP contribution in [0.25, 0.3) is 0 Å². The zero-order chi connectivity index (χ0) is 23.7. The van der Waals surface area contributed by atoms with Crippen LogP contribution in [0.15, 0.2) is 52.7 Å². The molecule has 1 aliphatic carbocycles. The fraction of sp³-hybridized carbons (Fsp3) is 0.286. The third-order valence-electron chi connectivity index (χ3n) is 4.99. The Hall–Kier alpha value is -2.94. The van der Waals surface area contributed by atoms with E-state index in [1.54, 1.807) is 0 Å². The van der Waals surface area contributed by atoms with Gasteiger partial charge >= 0.3 is 6.18 Å². The van der Waals surface area contributed by atoms with Crippen molar-refractivity contribution in [1.29, 1.82) is 5.26 Å². The van der Waals surface area contributed by atoms with Crippen LogP contribution >= 0.6 is 12.4 Å². The number of Topliss-reactive ketones (excluding diaryl/α,β-unsaturated/α-hetero) is 1. The number of hydrogen-bond acceptors (Lipinski definition) is 7. The van der Waals surface area contributed by atoms with E-state index in [4.69, 9.17) is 11.0 Å². The number of alkyl halides is 3. The highest BCUT2D eigenvalue weighted by atomic mass is 35.5. The van der Waals surface area contributed by atoms with Gasteiger partial charge in [0.25, 0.3) is 0 Å². The molecule has 2 aromatic rings. The number of nitrogens with one attached hydrogen (secondary N) is 1. The summed E-state index contributed by atoms with van der Waals surface area (Å²) in [6.45, 7) is 0. The number of nitriles is 1. The zero-order valence-corrected chi connectivity index (χ0v) is 18.9. The van der Waals surface area contributed by atoms with Gasteiger partial charge in [0.2, 0.25) is 0 Å². The molecule has 1 aromatic carbocycles. The number of rotatable bonds is 5. The van der Waals surface area contributed by atoms with Crippen LogP contribution in [0, 0.1) is 11.3 Å². The van der Waals surface area contributed by atoms with Crippen molar-refractivity contribution in [1.82, 2.24) is 4.98 Å². The minimum Gasteiger partial charge on any atom is -0.358 e. The Labute approximate surface area is 194 Å². The summed E-state index contributed by atoms with van der Waals surface area (Å²) in [5, 5.41) is 11.9. The molecule has 0 fully saturated rings. The van der Waals surface area contributed by atoms with Gasteiger partial charge in [-0.05, 0) is 42.7 Å². The van der Waals surface area contributed by atoms with E-state index in [1.165, 1.54) is 24.3 Å². The number of hydrogen-bond donors (Lipinski definition) is 2. The molecule has 1 heterocycles. The first-order valence-electron chi connectivity index (χ1n) is 9.48. The number of carbonyl (C=O) groups excluding carboxylic acids is 1. The van der Waals surface area contributed by atoms with Gasteiger partial charge in [0.05, 0.1) is 22.6 Å². The molecule has 1 unspecified atom stereocenters. The van der Waals surface area contributed by atoms with Gasteiger partial charge < -0.3 is 11.1 Å². The zero-order valence-electron chi connectivity index (χ0n) is 17.3. The van der Waals surface area contributed by atoms with E-state index in [-0.39, 0.29) is 51.9 Å². The standard InChI is InChI=1S/C21H19F3N4O3S.ClH/c1-32(30,31)17-9-12(11-25)5-6-14(17)20(26)19-15(3-2-4-16(19)29)28-13-7-8-27-18(10-13)21(22,23)24;/h5-10,20H,2-4,26H2,1H3,(H,27,28);1H. The van der Waals surface area contributed by atoms with Crippen molar-refractivity contribution in [2.45, 2.75) is 36.4 Å². The Kier molecular flexibility index (Phi) is 7.90. The highest BCUT2D eigenvalue weighted by Crippen LogP contribution is 2.35. The lowest BCUT2D eigenvalue weighted by Crippen LogP contribution is -2.27. The van der Waals surface area contributed by atoms with Gasteiger partial charge in [-0.3, -0.25) is 9.78 Å². The number of anilines is 1. The molecule has 176 valence electrons. The molecule has 33 heavy (non-hydrogen) atoms. The summed E-state index contributed by atoms with van der Waals surface area (Å²) in [4.78, 5) is 15.9. The Morgan fingerprint density at radius 3 is 2.52 bits per heavy atom. The lowest BCUT2D eigenvalue weighted by molar-refractivity contribution is -0.141. The van der Waals surface area contributed by atoms with Crippen molar-refractivity contribution in [3.63, 3.8) is 0 Å². The van der Waals surface area contributed by atoms with Crippen molar-refractivity contribution in [2.24, 2.45) is 5.73 Å². The first-order valence-corrected chi connectivity index (χ1v) is 11.4. The minimum absolute atomic E-state index is 0. The van der Waals surface area contributed by atoms with Crippen molar-refractivity contribution >= 4 is 33.7 Å². The van der Waals surface area contributed by atoms with E-state index in [2.05, 4.69) is 10.3 Å². The average Bonchev–Trinajstić information content (AvgIpc) is 2.72. The predicted molar refractivity (Wildman–Crippen MR) is 117 cm³/mol. The Morgan fingerprint density at radius 1 is 1.21 bits per heavy atom. The highest BCUT2D eigenvalue weighted by molar-refractivity contribution is 7.90. The molecule has 7 nitrogen and oxygen atoms in total. The number of nitrogens with zero attached hydrogens (tertiary/aromatic N) is 2. The van der Waals surface area contributed by atoms with E-state index in [0.717, 1.165) is 18.5 Å². The summed E-state index contributed by atoms with van der Waals surface area (Å²) in [5.74, 6) is -0.333. The summed E-state index contributed by atoms with van der Waals surface area (Å²) in [5.41, 5.74) is 5.96. The maximum absolute atomic E-state index is 13.0. The molecule has 12 heteroatoms. The largest absolute Gasteiger partial charge is 0.433 e. The number of carbonyl (C=O) groups is 1. The molecule has 0 spiro atoms. The van der Waals surface area contributed by atoms with Crippen LogP contribution in [-0.2, 0) is 20.8 Å². The van der Waals surface area contributed by atoms with Crippen LogP contribution in [0.2, 0.25) is 0 Å². The van der Waals surface area contributed by atoms with E-state index in [0.29, 0.717) is 18.5 Å². The third kappa shape index (κ3) is 5.90. The SMILES string of the molecule is CS(=O)(=O)c1cc(C#N)ccc1C(N)C1=C(Nc2ccnc(C(F)(F)F)c2)CCCC1=O.Cl. The number of benzene rings is 1. The normalized spacial score (nSPS) is 15.5. The van der Waals surface area contributed by atoms with Gasteiger partial charge in [-0.2, -0.15) is 18.4 Å². The smallest absolute Gasteiger partial charge is 0.358 e. The molecule has 0 radical (unpaired) electrons. The van der Waals surface area contributed by atoms with Crippen LogP contribution in [-0.4, -0.2) is 25.4 Å². The molecule has 0 amide bonds. The van der Waals surface area contributed by atoms with Gasteiger partial charge in [-0.15, -0.1) is 12.4 Å². The van der Waals surface area contributed by atoms with E-state index < -0.39 is 27.7 Å². The number of sulfone groups is 1. The summed E-state index contributed by atoms with van der Waals surface area (Å²) < 4.78 is 63.6. The van der Waals surface area contributed by atoms with Gasteiger partial charge in [0.1, 0.15) is 5.69 Å². The second-order valence-electron chi connectivity index (χ2n) is 7.34. The molecular weight excluding hydrogens is 481 g/mol. The Morgan fingerprint density at radius 2 is 1.91 bits per heavy atom. The number of halogens is 4. The van der Waals surface area contributed by atoms with Crippen LogP contribution in [0.4, 0.5) is 18.9 Å². The molecule has 0 aliphatic heterocycles. The minimum atomic E-state index is -4.64. The molecule has 3 N–H and O–H groups in total. The molecule has 0 saturated carbocycles. The topological polar surface area (TPSA) is 126 Å². The number of aromatic nitrogens is 1. The molecule has 1 aliphatic rings. The van der Waals surface area contributed by atoms with E-state index in [9.17, 15) is 26.4 Å². The molecular formula is C21H20ClF3N4O3S. The highest BCUT2D eigenvalue weighted by Gasteiger charge is 2.33. The van der Waals surface area contributed by atoms with Crippen LogP contribution in [0.5, 0.6) is 0 Å². The summed E-state index contributed by atoms with van der Waals surface area (Å²) in [6, 6.07) is 6.80. The number of ketones is 1. The fourth-order valence-corrected chi connectivity index (χ4v) is 4.49. The van der Waals surface area contributed by atoms with Crippen LogP contribution in [0.3, 0.4) is 0 Å². The lowest BCUT2D eigenvalue weighted by atomic mass is 9.86. The molecule has 1 aromatic heterocycles. The summed E-state index contributed by atoms with van der Waals surface area (Å²) >= 11 is 0. The van der Waals surface area contributed by atoms with Crippen molar-refractivity contribution in [3.05, 3.63) is 64.6 Å². The van der Waals surface area contributed by atoms with Crippen LogP contribution in [0.1, 0.15) is 42.1 Å². The van der Waals surface area contributed by atoms with Crippen molar-refractivity contribution in [2.75, 3.05) is 11.6 Å². The number of nitrogens with two attached hydrogens (primary N) is 1. The molecule has 1 atom stereocenters. The lowest BCUT2D eigenvalue weighted by Gasteiger charge is -2.26. The maximum atomic E-state index is 13.0. The van der Waals surface area contributed by atoms with Gasteiger partial charge in [0, 0.05) is 35.8 Å². The summed E-state index contributed by atoms with van der Waals surface area (Å²) in [7, 11) is -3.78. The van der Waals surface area contributed by atoms with Crippen LogP contribution < -0.4 is 11.1 Å². The van der Waals surface area contributed by atoms with Gasteiger partial charge in [0.15, 0.2) is 15.6 Å². The van der Waals surface area contributed by atoms with E-state index in [1.807, 2.05) is 6.07 Å². The Balaban J connectivity index is 0.00000385. The predicted octanol–water partition coefficient (Wildman–Crippen LogP) is 3.92. The maximum Gasteiger partial charge on any atom is 0.433 e. The molecule has 0 bridgehead atoms. The second-order valence-corrected chi connectivity index (χ2v) is 9.32. The average molecular weight is 501 g/mol. The quantitative estimate of drug-likeness (QED) is 0.637.